The van der Waals surface area contributed by atoms with Crippen LogP contribution in [0.15, 0.2) is 48.5 Å². The van der Waals surface area contributed by atoms with E-state index in [1.807, 2.05) is 65.3 Å². The van der Waals surface area contributed by atoms with E-state index in [0.29, 0.717) is 56.2 Å². The maximum absolute atomic E-state index is 12.5. The molecule has 0 saturated carbocycles. The molecule has 6 heteroatoms. The number of piperazine rings is 1. The number of carbonyl (C=O) groups is 2. The Morgan fingerprint density at radius 3 is 2.36 bits per heavy atom. The second-order valence-corrected chi connectivity index (χ2v) is 7.31. The molecule has 28 heavy (non-hydrogen) atoms. The molecular formula is C22H25ClN2O3. The normalized spacial score (nSPS) is 14.1. The zero-order chi connectivity index (χ0) is 19.9. The van der Waals surface area contributed by atoms with Crippen LogP contribution in [0.2, 0.25) is 5.02 Å². The fourth-order valence-corrected chi connectivity index (χ4v) is 3.32. The molecule has 0 radical (unpaired) electrons. The van der Waals surface area contributed by atoms with Crippen LogP contribution in [0.25, 0.3) is 0 Å². The summed E-state index contributed by atoms with van der Waals surface area (Å²) in [5.74, 6) is 0.907. The molecule has 0 atom stereocenters. The predicted molar refractivity (Wildman–Crippen MR) is 110 cm³/mol. The van der Waals surface area contributed by atoms with Gasteiger partial charge in [-0.1, -0.05) is 29.8 Å². The highest BCUT2D eigenvalue weighted by Gasteiger charge is 2.24. The van der Waals surface area contributed by atoms with E-state index in [4.69, 9.17) is 16.3 Å². The SMILES string of the molecule is Cc1cc(OCCCC(=O)N2CCN(C(=O)c3ccccc3)CC2)ccc1Cl. The van der Waals surface area contributed by atoms with Crippen molar-refractivity contribution in [2.24, 2.45) is 0 Å². The molecule has 1 saturated heterocycles. The number of hydrogen-bond donors (Lipinski definition) is 0. The van der Waals surface area contributed by atoms with Crippen LogP contribution in [-0.2, 0) is 4.79 Å². The smallest absolute Gasteiger partial charge is 0.253 e. The Balaban J connectivity index is 1.38. The van der Waals surface area contributed by atoms with Gasteiger partial charge in [-0.3, -0.25) is 9.59 Å². The highest BCUT2D eigenvalue weighted by atomic mass is 35.5. The largest absolute Gasteiger partial charge is 0.494 e. The van der Waals surface area contributed by atoms with Crippen LogP contribution in [0.1, 0.15) is 28.8 Å². The fraction of sp³-hybridized carbons (Fsp3) is 0.364. The first-order chi connectivity index (χ1) is 13.5. The minimum Gasteiger partial charge on any atom is -0.494 e. The zero-order valence-corrected chi connectivity index (χ0v) is 16.8. The van der Waals surface area contributed by atoms with Gasteiger partial charge in [0, 0.05) is 43.2 Å². The van der Waals surface area contributed by atoms with Gasteiger partial charge in [-0.2, -0.15) is 0 Å². The first-order valence-electron chi connectivity index (χ1n) is 9.55. The zero-order valence-electron chi connectivity index (χ0n) is 16.1. The third kappa shape index (κ3) is 5.26. The van der Waals surface area contributed by atoms with Crippen LogP contribution in [0.4, 0.5) is 0 Å². The lowest BCUT2D eigenvalue weighted by Gasteiger charge is -2.35. The number of nitrogens with zero attached hydrogens (tertiary/aromatic N) is 2. The number of carbonyl (C=O) groups excluding carboxylic acids is 2. The molecule has 5 nitrogen and oxygen atoms in total. The number of amides is 2. The molecule has 2 amide bonds. The third-order valence-electron chi connectivity index (χ3n) is 4.87. The van der Waals surface area contributed by atoms with E-state index in [1.165, 1.54) is 0 Å². The fourth-order valence-electron chi connectivity index (χ4n) is 3.20. The summed E-state index contributed by atoms with van der Waals surface area (Å²) in [5.41, 5.74) is 1.66. The van der Waals surface area contributed by atoms with E-state index >= 15 is 0 Å². The summed E-state index contributed by atoms with van der Waals surface area (Å²) >= 11 is 6.00. The van der Waals surface area contributed by atoms with Crippen molar-refractivity contribution < 1.29 is 14.3 Å². The molecule has 0 spiro atoms. The van der Waals surface area contributed by atoms with Crippen molar-refractivity contribution in [3.8, 4) is 5.75 Å². The Hall–Kier alpha value is -2.53. The molecule has 0 bridgehead atoms. The van der Waals surface area contributed by atoms with Gasteiger partial charge in [-0.15, -0.1) is 0 Å². The second-order valence-electron chi connectivity index (χ2n) is 6.90. The molecular weight excluding hydrogens is 376 g/mol. The first kappa shape index (κ1) is 20.2. The minimum absolute atomic E-state index is 0.0272. The van der Waals surface area contributed by atoms with Crippen LogP contribution in [0, 0.1) is 6.92 Å². The molecule has 3 rings (SSSR count). The monoisotopic (exact) mass is 400 g/mol. The van der Waals surface area contributed by atoms with Gasteiger partial charge in [-0.25, -0.2) is 0 Å². The summed E-state index contributed by atoms with van der Waals surface area (Å²) in [5, 5.41) is 0.715. The van der Waals surface area contributed by atoms with Gasteiger partial charge in [0.2, 0.25) is 5.91 Å². The number of halogens is 1. The maximum atomic E-state index is 12.5. The van der Waals surface area contributed by atoms with Gasteiger partial charge < -0.3 is 14.5 Å². The van der Waals surface area contributed by atoms with Gasteiger partial charge in [0.15, 0.2) is 0 Å². The van der Waals surface area contributed by atoms with Gasteiger partial charge >= 0.3 is 0 Å². The van der Waals surface area contributed by atoms with Gasteiger partial charge in [0.05, 0.1) is 6.61 Å². The summed E-state index contributed by atoms with van der Waals surface area (Å²) < 4.78 is 5.69. The molecule has 2 aromatic carbocycles. The quantitative estimate of drug-likeness (QED) is 0.693. The Labute approximate surface area is 170 Å². The van der Waals surface area contributed by atoms with Crippen LogP contribution in [0.5, 0.6) is 5.75 Å². The predicted octanol–water partition coefficient (Wildman–Crippen LogP) is 3.79. The van der Waals surface area contributed by atoms with Crippen molar-refractivity contribution in [3.63, 3.8) is 0 Å². The molecule has 2 aromatic rings. The van der Waals surface area contributed by atoms with Crippen molar-refractivity contribution in [3.05, 3.63) is 64.7 Å². The minimum atomic E-state index is 0.0272. The Morgan fingerprint density at radius 1 is 1.00 bits per heavy atom. The van der Waals surface area contributed by atoms with Crippen LogP contribution in [0.3, 0.4) is 0 Å². The summed E-state index contributed by atoms with van der Waals surface area (Å²) in [6.45, 7) is 4.71. The molecule has 0 aliphatic carbocycles. The number of aryl methyl sites for hydroxylation is 1. The van der Waals surface area contributed by atoms with Crippen molar-refractivity contribution >= 4 is 23.4 Å². The van der Waals surface area contributed by atoms with E-state index in [-0.39, 0.29) is 11.8 Å². The molecule has 1 heterocycles. The molecule has 148 valence electrons. The van der Waals surface area contributed by atoms with E-state index in [2.05, 4.69) is 0 Å². The highest BCUT2D eigenvalue weighted by Crippen LogP contribution is 2.21. The van der Waals surface area contributed by atoms with Crippen molar-refractivity contribution in [2.45, 2.75) is 19.8 Å². The second kappa shape index (κ2) is 9.60. The van der Waals surface area contributed by atoms with Gasteiger partial charge in [0.25, 0.3) is 5.91 Å². The van der Waals surface area contributed by atoms with Crippen molar-refractivity contribution in [2.75, 3.05) is 32.8 Å². The lowest BCUT2D eigenvalue weighted by Crippen LogP contribution is -2.50. The first-order valence-corrected chi connectivity index (χ1v) is 9.93. The van der Waals surface area contributed by atoms with Crippen molar-refractivity contribution in [1.29, 1.82) is 0 Å². The van der Waals surface area contributed by atoms with E-state index < -0.39 is 0 Å². The summed E-state index contributed by atoms with van der Waals surface area (Å²) in [4.78, 5) is 28.5. The summed E-state index contributed by atoms with van der Waals surface area (Å²) in [6.07, 6.45) is 1.10. The third-order valence-corrected chi connectivity index (χ3v) is 5.30. The number of ether oxygens (including phenoxy) is 1. The van der Waals surface area contributed by atoms with Crippen LogP contribution >= 0.6 is 11.6 Å². The number of rotatable bonds is 6. The number of hydrogen-bond acceptors (Lipinski definition) is 3. The van der Waals surface area contributed by atoms with Crippen LogP contribution < -0.4 is 4.74 Å². The van der Waals surface area contributed by atoms with Crippen LogP contribution in [-0.4, -0.2) is 54.4 Å². The van der Waals surface area contributed by atoms with Gasteiger partial charge in [-0.05, 0) is 49.2 Å². The summed E-state index contributed by atoms with van der Waals surface area (Å²) in [7, 11) is 0. The Kier molecular flexibility index (Phi) is 6.93. The lowest BCUT2D eigenvalue weighted by molar-refractivity contribution is -0.132. The Morgan fingerprint density at radius 2 is 1.68 bits per heavy atom. The average molecular weight is 401 g/mol. The lowest BCUT2D eigenvalue weighted by atomic mass is 10.1. The maximum Gasteiger partial charge on any atom is 0.253 e. The standard InChI is InChI=1S/C22H25ClN2O3/c1-17-16-19(9-10-20(17)23)28-15-5-8-21(26)24-11-13-25(14-12-24)22(27)18-6-3-2-4-7-18/h2-4,6-7,9-10,16H,5,8,11-15H2,1H3. The molecule has 1 aliphatic heterocycles. The summed E-state index contributed by atoms with van der Waals surface area (Å²) in [6, 6.07) is 14.8. The molecule has 1 fully saturated rings. The highest BCUT2D eigenvalue weighted by molar-refractivity contribution is 6.31. The molecule has 0 N–H and O–H groups in total. The number of benzene rings is 2. The Bertz CT molecular complexity index is 818. The molecule has 0 aromatic heterocycles. The van der Waals surface area contributed by atoms with Gasteiger partial charge in [0.1, 0.15) is 5.75 Å². The van der Waals surface area contributed by atoms with E-state index in [1.54, 1.807) is 0 Å². The topological polar surface area (TPSA) is 49.9 Å². The molecule has 0 unspecified atom stereocenters. The average Bonchev–Trinajstić information content (AvgIpc) is 2.73. The van der Waals surface area contributed by atoms with E-state index in [9.17, 15) is 9.59 Å². The van der Waals surface area contributed by atoms with Crippen molar-refractivity contribution in [1.82, 2.24) is 9.80 Å². The molecule has 1 aliphatic rings. The van der Waals surface area contributed by atoms with E-state index in [0.717, 1.165) is 11.3 Å².